The number of fused-ring (bicyclic) bond motifs is 2. The maximum atomic E-state index is 13.4. The van der Waals surface area contributed by atoms with Gasteiger partial charge in [0.05, 0.1) is 31.0 Å². The van der Waals surface area contributed by atoms with Gasteiger partial charge in [-0.15, -0.1) is 6.58 Å². The fraction of sp³-hybridized carbons (Fsp3) is 0.333. The smallest absolute Gasteiger partial charge is 0.278 e. The summed E-state index contributed by atoms with van der Waals surface area (Å²) in [6.45, 7) is 11.7. The van der Waals surface area contributed by atoms with Crippen molar-refractivity contribution in [2.75, 3.05) is 30.0 Å². The number of anilines is 3. The number of rotatable bonds is 7. The number of hydrogen-bond donors (Lipinski definition) is 2. The first kappa shape index (κ1) is 26.7. The number of ether oxygens (including phenoxy) is 1. The zero-order valence-electron chi connectivity index (χ0n) is 23.7. The molecule has 0 saturated carbocycles. The molecule has 1 aliphatic heterocycles. The van der Waals surface area contributed by atoms with Crippen molar-refractivity contribution in [1.29, 1.82) is 0 Å². The van der Waals surface area contributed by atoms with Gasteiger partial charge in [-0.25, -0.2) is 19.3 Å². The first-order chi connectivity index (χ1) is 19.7. The molecule has 41 heavy (non-hydrogen) atoms. The highest BCUT2D eigenvalue weighted by Gasteiger charge is 2.24. The zero-order chi connectivity index (χ0) is 28.9. The van der Waals surface area contributed by atoms with Crippen molar-refractivity contribution in [3.63, 3.8) is 0 Å². The van der Waals surface area contributed by atoms with Gasteiger partial charge in [-0.1, -0.05) is 12.1 Å². The third-order valence-electron chi connectivity index (χ3n) is 7.47. The molecule has 1 atom stereocenters. The molecule has 0 aliphatic carbocycles. The van der Waals surface area contributed by atoms with E-state index in [1.54, 1.807) is 42.8 Å². The average Bonchev–Trinajstić information content (AvgIpc) is 3.45. The summed E-state index contributed by atoms with van der Waals surface area (Å²) < 4.78 is 10.9. The van der Waals surface area contributed by atoms with E-state index in [2.05, 4.69) is 62.7 Å². The Labute approximate surface area is 237 Å². The highest BCUT2D eigenvalue weighted by atomic mass is 16.5. The van der Waals surface area contributed by atoms with Gasteiger partial charge < -0.3 is 24.6 Å². The van der Waals surface area contributed by atoms with Crippen molar-refractivity contribution in [3.05, 3.63) is 77.5 Å². The first-order valence-corrected chi connectivity index (χ1v) is 13.7. The quantitative estimate of drug-likeness (QED) is 0.292. The van der Waals surface area contributed by atoms with Crippen LogP contribution in [0.4, 0.5) is 17.3 Å². The summed E-state index contributed by atoms with van der Waals surface area (Å²) in [5, 5.41) is 15.5. The van der Waals surface area contributed by atoms with Gasteiger partial charge in [0, 0.05) is 48.8 Å². The van der Waals surface area contributed by atoms with Crippen LogP contribution in [0.2, 0.25) is 0 Å². The lowest BCUT2D eigenvalue weighted by Gasteiger charge is -2.36. The maximum absolute atomic E-state index is 13.4. The normalized spacial score (nSPS) is 16.0. The van der Waals surface area contributed by atoms with Gasteiger partial charge in [0.25, 0.3) is 5.56 Å². The monoisotopic (exact) mass is 554 g/mol. The van der Waals surface area contributed by atoms with Crippen molar-refractivity contribution in [3.8, 4) is 5.82 Å². The topological polar surface area (TPSA) is 115 Å². The molecule has 0 unspecified atom stereocenters. The second-order valence-corrected chi connectivity index (χ2v) is 11.0. The molecule has 2 N–H and O–H groups in total. The van der Waals surface area contributed by atoms with Gasteiger partial charge >= 0.3 is 0 Å². The SMILES string of the molecule is C=CCn1c(=O)c2cnc(Nc3cc(N4CCOC[C@@H]4C)c4ccn(C)c4c3)nc2n1-c1cccc(C(C)(C)O)n1. The van der Waals surface area contributed by atoms with Crippen LogP contribution in [0.15, 0.2) is 66.2 Å². The molecule has 1 saturated heterocycles. The molecule has 1 aromatic carbocycles. The number of aryl methyl sites for hydroxylation is 1. The van der Waals surface area contributed by atoms with Crippen molar-refractivity contribution >= 4 is 39.3 Å². The Morgan fingerprint density at radius 2 is 2.05 bits per heavy atom. The number of nitrogens with zero attached hydrogens (tertiary/aromatic N) is 7. The van der Waals surface area contributed by atoms with Gasteiger partial charge in [-0.05, 0) is 51.1 Å². The van der Waals surface area contributed by atoms with Gasteiger partial charge in [-0.3, -0.25) is 4.79 Å². The highest BCUT2D eigenvalue weighted by molar-refractivity contribution is 5.96. The summed E-state index contributed by atoms with van der Waals surface area (Å²) in [7, 11) is 2.02. The molecular weight excluding hydrogens is 520 g/mol. The molecule has 0 spiro atoms. The molecule has 5 heterocycles. The predicted molar refractivity (Wildman–Crippen MR) is 160 cm³/mol. The molecule has 212 valence electrons. The number of hydrogen-bond acceptors (Lipinski definition) is 8. The van der Waals surface area contributed by atoms with Gasteiger partial charge in [0.2, 0.25) is 5.95 Å². The summed E-state index contributed by atoms with van der Waals surface area (Å²) in [4.78, 5) is 29.7. The Balaban J connectivity index is 1.47. The summed E-state index contributed by atoms with van der Waals surface area (Å²) in [6.07, 6.45) is 5.24. The molecule has 1 aliphatic rings. The number of benzene rings is 1. The zero-order valence-corrected chi connectivity index (χ0v) is 23.7. The fourth-order valence-electron chi connectivity index (χ4n) is 5.37. The summed E-state index contributed by atoms with van der Waals surface area (Å²) >= 11 is 0. The van der Waals surface area contributed by atoms with E-state index < -0.39 is 5.60 Å². The molecular formula is C30H34N8O3. The number of allylic oxidation sites excluding steroid dienone is 1. The van der Waals surface area contributed by atoms with Crippen LogP contribution < -0.4 is 15.8 Å². The van der Waals surface area contributed by atoms with Crippen LogP contribution in [0.25, 0.3) is 27.8 Å². The molecule has 6 rings (SSSR count). The third kappa shape index (κ3) is 4.76. The van der Waals surface area contributed by atoms with Crippen LogP contribution in [0, 0.1) is 0 Å². The predicted octanol–water partition coefficient (Wildman–Crippen LogP) is 3.85. The summed E-state index contributed by atoms with van der Waals surface area (Å²) in [6, 6.07) is 11.9. The molecule has 1 fully saturated rings. The Bertz CT molecular complexity index is 1830. The van der Waals surface area contributed by atoms with Crippen LogP contribution in [0.3, 0.4) is 0 Å². The van der Waals surface area contributed by atoms with E-state index in [1.807, 2.05) is 7.05 Å². The number of nitrogens with one attached hydrogen (secondary N) is 1. The Kier molecular flexibility index (Phi) is 6.63. The van der Waals surface area contributed by atoms with Crippen LogP contribution in [0.5, 0.6) is 0 Å². The van der Waals surface area contributed by atoms with Crippen molar-refractivity contribution in [1.82, 2.24) is 28.9 Å². The second kappa shape index (κ2) is 10.2. The van der Waals surface area contributed by atoms with Crippen molar-refractivity contribution < 1.29 is 9.84 Å². The fourth-order valence-corrected chi connectivity index (χ4v) is 5.37. The maximum Gasteiger partial charge on any atom is 0.278 e. The largest absolute Gasteiger partial charge is 0.384 e. The average molecular weight is 555 g/mol. The number of pyridine rings is 1. The molecule has 5 aromatic rings. The minimum atomic E-state index is -1.16. The molecule has 0 radical (unpaired) electrons. The van der Waals surface area contributed by atoms with Crippen molar-refractivity contribution in [2.45, 2.75) is 39.0 Å². The Morgan fingerprint density at radius 1 is 1.22 bits per heavy atom. The number of aliphatic hydroxyl groups is 1. The molecule has 11 heteroatoms. The molecule has 0 amide bonds. The highest BCUT2D eigenvalue weighted by Crippen LogP contribution is 2.34. The van der Waals surface area contributed by atoms with Crippen LogP contribution >= 0.6 is 0 Å². The minimum Gasteiger partial charge on any atom is -0.384 e. The van der Waals surface area contributed by atoms with E-state index in [4.69, 9.17) is 9.72 Å². The standard InChI is InChI=1S/C30H34N8O3/c1-6-11-37-28(39)22-17-31-29(34-27(22)38(37)26-9-7-8-25(33-26)30(3,4)40)32-20-15-23-21(10-12-35(23)5)24(16-20)36-13-14-41-18-19(36)2/h6-10,12,15-17,19,40H,1,11,13-14,18H2,2-5H3,(H,31,32,34)/t19-/m0/s1. The van der Waals surface area contributed by atoms with Crippen LogP contribution in [0.1, 0.15) is 26.5 Å². The lowest BCUT2D eigenvalue weighted by atomic mass is 10.1. The molecule has 11 nitrogen and oxygen atoms in total. The minimum absolute atomic E-state index is 0.237. The van der Waals surface area contributed by atoms with E-state index >= 15 is 0 Å². The van der Waals surface area contributed by atoms with E-state index in [-0.39, 0.29) is 18.1 Å². The number of morpholine rings is 1. The molecule has 4 aromatic heterocycles. The Morgan fingerprint density at radius 3 is 2.80 bits per heavy atom. The third-order valence-corrected chi connectivity index (χ3v) is 7.47. The molecule has 0 bridgehead atoms. The van der Waals surface area contributed by atoms with Gasteiger partial charge in [0.15, 0.2) is 11.5 Å². The lowest BCUT2D eigenvalue weighted by molar-refractivity contribution is 0.0738. The van der Waals surface area contributed by atoms with Crippen molar-refractivity contribution in [2.24, 2.45) is 7.05 Å². The van der Waals surface area contributed by atoms with E-state index in [0.717, 1.165) is 28.8 Å². The number of aromatic nitrogens is 6. The van der Waals surface area contributed by atoms with E-state index in [9.17, 15) is 9.90 Å². The van der Waals surface area contributed by atoms with E-state index in [0.29, 0.717) is 41.7 Å². The second-order valence-electron chi connectivity index (χ2n) is 11.0. The lowest BCUT2D eigenvalue weighted by Crippen LogP contribution is -2.43. The Hall–Kier alpha value is -4.48. The summed E-state index contributed by atoms with van der Waals surface area (Å²) in [5.74, 6) is 0.798. The summed E-state index contributed by atoms with van der Waals surface area (Å²) in [5.41, 5.74) is 2.48. The van der Waals surface area contributed by atoms with Gasteiger partial charge in [-0.2, -0.15) is 4.98 Å². The van der Waals surface area contributed by atoms with Gasteiger partial charge in [0.1, 0.15) is 11.0 Å². The van der Waals surface area contributed by atoms with Crippen LogP contribution in [-0.2, 0) is 23.9 Å². The first-order valence-electron chi connectivity index (χ1n) is 13.7. The van der Waals surface area contributed by atoms with Crippen LogP contribution in [-0.4, -0.2) is 59.8 Å². The van der Waals surface area contributed by atoms with E-state index in [1.165, 1.54) is 10.9 Å².